The van der Waals surface area contributed by atoms with Gasteiger partial charge in [0.2, 0.25) is 0 Å². The van der Waals surface area contributed by atoms with Gasteiger partial charge in [0.1, 0.15) is 11.9 Å². The zero-order valence-electron chi connectivity index (χ0n) is 11.1. The SMILES string of the molecule is CC(CN1CCC(CO)CC1)Oc1ccccc1. The standard InChI is InChI=1S/C15H23NO2/c1-13(18-15-5-3-2-4-6-15)11-16-9-7-14(12-17)8-10-16/h2-6,13-14,17H,7-12H2,1H3. The Labute approximate surface area is 109 Å². The molecule has 18 heavy (non-hydrogen) atoms. The summed E-state index contributed by atoms with van der Waals surface area (Å²) < 4.78 is 5.88. The van der Waals surface area contributed by atoms with Crippen molar-refractivity contribution in [2.24, 2.45) is 5.92 Å². The summed E-state index contributed by atoms with van der Waals surface area (Å²) in [6, 6.07) is 9.98. The lowest BCUT2D eigenvalue weighted by molar-refractivity contribution is 0.0942. The molecule has 1 aromatic carbocycles. The maximum atomic E-state index is 9.11. The van der Waals surface area contributed by atoms with Crippen LogP contribution in [-0.2, 0) is 0 Å². The average Bonchev–Trinajstić information content (AvgIpc) is 2.40. The van der Waals surface area contributed by atoms with E-state index < -0.39 is 0 Å². The third kappa shape index (κ3) is 4.00. The average molecular weight is 249 g/mol. The molecule has 3 nitrogen and oxygen atoms in total. The molecule has 1 heterocycles. The molecule has 0 saturated carbocycles. The fraction of sp³-hybridized carbons (Fsp3) is 0.600. The Bertz CT molecular complexity index is 334. The van der Waals surface area contributed by atoms with Crippen molar-refractivity contribution in [3.8, 4) is 5.75 Å². The molecule has 1 saturated heterocycles. The van der Waals surface area contributed by atoms with E-state index in [1.54, 1.807) is 0 Å². The summed E-state index contributed by atoms with van der Waals surface area (Å²) in [4.78, 5) is 2.43. The van der Waals surface area contributed by atoms with Gasteiger partial charge in [-0.2, -0.15) is 0 Å². The van der Waals surface area contributed by atoms with Gasteiger partial charge in [0.25, 0.3) is 0 Å². The lowest BCUT2D eigenvalue weighted by Gasteiger charge is -2.32. The van der Waals surface area contributed by atoms with Crippen molar-refractivity contribution in [2.45, 2.75) is 25.9 Å². The van der Waals surface area contributed by atoms with E-state index in [2.05, 4.69) is 11.8 Å². The molecule has 0 radical (unpaired) electrons. The van der Waals surface area contributed by atoms with Gasteiger partial charge in [-0.15, -0.1) is 0 Å². The van der Waals surface area contributed by atoms with E-state index in [0.717, 1.165) is 38.2 Å². The fourth-order valence-corrected chi connectivity index (χ4v) is 2.48. The Morgan fingerprint density at radius 2 is 1.94 bits per heavy atom. The molecular weight excluding hydrogens is 226 g/mol. The zero-order chi connectivity index (χ0) is 12.8. The molecule has 1 aliphatic heterocycles. The van der Waals surface area contributed by atoms with E-state index in [9.17, 15) is 0 Å². The number of rotatable bonds is 5. The van der Waals surface area contributed by atoms with E-state index in [0.29, 0.717) is 12.5 Å². The molecule has 0 amide bonds. The van der Waals surface area contributed by atoms with E-state index in [1.165, 1.54) is 0 Å². The third-order valence-corrected chi connectivity index (χ3v) is 3.56. The van der Waals surface area contributed by atoms with Gasteiger partial charge < -0.3 is 9.84 Å². The quantitative estimate of drug-likeness (QED) is 0.868. The monoisotopic (exact) mass is 249 g/mol. The number of ether oxygens (including phenoxy) is 1. The minimum atomic E-state index is 0.207. The molecule has 3 heteroatoms. The summed E-state index contributed by atoms with van der Waals surface area (Å²) in [5.74, 6) is 1.45. The predicted molar refractivity (Wildman–Crippen MR) is 72.8 cm³/mol. The van der Waals surface area contributed by atoms with Crippen LogP contribution < -0.4 is 4.74 Å². The molecule has 1 atom stereocenters. The molecule has 0 spiro atoms. The molecule has 100 valence electrons. The van der Waals surface area contributed by atoms with Gasteiger partial charge in [-0.1, -0.05) is 18.2 Å². The lowest BCUT2D eigenvalue weighted by Crippen LogP contribution is -2.40. The number of benzene rings is 1. The van der Waals surface area contributed by atoms with Gasteiger partial charge in [-0.05, 0) is 50.9 Å². The first-order chi connectivity index (χ1) is 8.78. The Kier molecular flexibility index (Phi) is 5.02. The Morgan fingerprint density at radius 3 is 2.56 bits per heavy atom. The van der Waals surface area contributed by atoms with Gasteiger partial charge in [0, 0.05) is 13.2 Å². The van der Waals surface area contributed by atoms with Gasteiger partial charge >= 0.3 is 0 Å². The number of hydrogen-bond acceptors (Lipinski definition) is 3. The second-order valence-corrected chi connectivity index (χ2v) is 5.17. The normalized spacial score (nSPS) is 19.7. The third-order valence-electron chi connectivity index (χ3n) is 3.56. The van der Waals surface area contributed by atoms with Crippen molar-refractivity contribution in [1.29, 1.82) is 0 Å². The summed E-state index contributed by atoms with van der Waals surface area (Å²) in [5.41, 5.74) is 0. The first kappa shape index (κ1) is 13.4. The molecule has 1 fully saturated rings. The van der Waals surface area contributed by atoms with Crippen molar-refractivity contribution in [2.75, 3.05) is 26.2 Å². The number of piperidine rings is 1. The van der Waals surface area contributed by atoms with E-state index in [1.807, 2.05) is 30.3 Å². The van der Waals surface area contributed by atoms with Crippen LogP contribution in [-0.4, -0.2) is 42.4 Å². The minimum absolute atomic E-state index is 0.207. The Balaban J connectivity index is 1.73. The number of nitrogens with zero attached hydrogens (tertiary/aromatic N) is 1. The zero-order valence-corrected chi connectivity index (χ0v) is 11.1. The van der Waals surface area contributed by atoms with Crippen LogP contribution in [0.15, 0.2) is 30.3 Å². The highest BCUT2D eigenvalue weighted by Gasteiger charge is 2.20. The van der Waals surface area contributed by atoms with Crippen molar-refractivity contribution < 1.29 is 9.84 Å². The van der Waals surface area contributed by atoms with Crippen molar-refractivity contribution in [1.82, 2.24) is 4.90 Å². The van der Waals surface area contributed by atoms with E-state index >= 15 is 0 Å². The van der Waals surface area contributed by atoms with Crippen LogP contribution in [0.5, 0.6) is 5.75 Å². The minimum Gasteiger partial charge on any atom is -0.489 e. The first-order valence-electron chi connectivity index (χ1n) is 6.83. The van der Waals surface area contributed by atoms with E-state index in [-0.39, 0.29) is 6.10 Å². The fourth-order valence-electron chi connectivity index (χ4n) is 2.48. The highest BCUT2D eigenvalue weighted by Crippen LogP contribution is 2.17. The molecule has 1 unspecified atom stereocenters. The summed E-state index contributed by atoms with van der Waals surface area (Å²) in [6.45, 7) is 5.57. The van der Waals surface area contributed by atoms with E-state index in [4.69, 9.17) is 9.84 Å². The number of aliphatic hydroxyl groups is 1. The second-order valence-electron chi connectivity index (χ2n) is 5.17. The summed E-state index contributed by atoms with van der Waals surface area (Å²) in [6.07, 6.45) is 2.42. The molecule has 1 aromatic rings. The van der Waals surface area contributed by atoms with Crippen LogP contribution in [0.2, 0.25) is 0 Å². The maximum Gasteiger partial charge on any atom is 0.119 e. The van der Waals surface area contributed by atoms with Crippen LogP contribution in [0, 0.1) is 5.92 Å². The summed E-state index contributed by atoms with van der Waals surface area (Å²) in [7, 11) is 0. The van der Waals surface area contributed by atoms with Crippen LogP contribution in [0.1, 0.15) is 19.8 Å². The van der Waals surface area contributed by atoms with Crippen LogP contribution in [0.4, 0.5) is 0 Å². The van der Waals surface area contributed by atoms with Crippen LogP contribution in [0.3, 0.4) is 0 Å². The van der Waals surface area contributed by atoms with Gasteiger partial charge in [0.05, 0.1) is 0 Å². The van der Waals surface area contributed by atoms with Crippen LogP contribution >= 0.6 is 0 Å². The van der Waals surface area contributed by atoms with Crippen molar-refractivity contribution in [3.05, 3.63) is 30.3 Å². The molecule has 1 N–H and O–H groups in total. The van der Waals surface area contributed by atoms with Gasteiger partial charge in [0.15, 0.2) is 0 Å². The number of aliphatic hydroxyl groups excluding tert-OH is 1. The molecule has 0 aliphatic carbocycles. The topological polar surface area (TPSA) is 32.7 Å². The highest BCUT2D eigenvalue weighted by atomic mass is 16.5. The van der Waals surface area contributed by atoms with Crippen LogP contribution in [0.25, 0.3) is 0 Å². The molecule has 0 aromatic heterocycles. The number of likely N-dealkylation sites (tertiary alicyclic amines) is 1. The molecule has 1 aliphatic rings. The highest BCUT2D eigenvalue weighted by molar-refractivity contribution is 5.21. The summed E-state index contributed by atoms with van der Waals surface area (Å²) >= 11 is 0. The Morgan fingerprint density at radius 1 is 1.28 bits per heavy atom. The van der Waals surface area contributed by atoms with Gasteiger partial charge in [-0.25, -0.2) is 0 Å². The molecule has 2 rings (SSSR count). The van der Waals surface area contributed by atoms with Crippen molar-refractivity contribution in [3.63, 3.8) is 0 Å². The molecule has 0 bridgehead atoms. The first-order valence-corrected chi connectivity index (χ1v) is 6.83. The largest absolute Gasteiger partial charge is 0.489 e. The second kappa shape index (κ2) is 6.76. The summed E-state index contributed by atoms with van der Waals surface area (Å²) in [5, 5.41) is 9.11. The number of hydrogen-bond donors (Lipinski definition) is 1. The van der Waals surface area contributed by atoms with Gasteiger partial charge in [-0.3, -0.25) is 4.90 Å². The maximum absolute atomic E-state index is 9.11. The lowest BCUT2D eigenvalue weighted by atomic mass is 9.98. The predicted octanol–water partition coefficient (Wildman–Crippen LogP) is 2.16. The number of para-hydroxylation sites is 1. The smallest absolute Gasteiger partial charge is 0.119 e. The van der Waals surface area contributed by atoms with Crippen molar-refractivity contribution >= 4 is 0 Å². The molecular formula is C15H23NO2. The Hall–Kier alpha value is -1.06.